The van der Waals surface area contributed by atoms with E-state index in [2.05, 4.69) is 63.8 Å². The first-order valence-electron chi connectivity index (χ1n) is 8.12. The standard InChI is InChI=1S/C16H30N6/c1-13-6-8-21(11-15(13)22-9-7-18-12-22)16(17-3)19-10-14(2)20(4)5/h7,9,12-15H,6,8,10-11H2,1-5H3,(H,17,19). The number of guanidine groups is 1. The molecule has 0 radical (unpaired) electrons. The molecule has 0 saturated carbocycles. The Morgan fingerprint density at radius 1 is 1.50 bits per heavy atom. The molecular weight excluding hydrogens is 276 g/mol. The van der Waals surface area contributed by atoms with Gasteiger partial charge in [0.15, 0.2) is 5.96 Å². The first-order chi connectivity index (χ1) is 10.5. The number of aliphatic imine (C=N–C) groups is 1. The van der Waals surface area contributed by atoms with Crippen LogP contribution in [0.25, 0.3) is 0 Å². The van der Waals surface area contributed by atoms with Gasteiger partial charge in [-0.15, -0.1) is 0 Å². The number of likely N-dealkylation sites (tertiary alicyclic amines) is 1. The van der Waals surface area contributed by atoms with Crippen molar-refractivity contribution in [1.82, 2.24) is 24.7 Å². The monoisotopic (exact) mass is 306 g/mol. The van der Waals surface area contributed by atoms with Crippen molar-refractivity contribution in [3.63, 3.8) is 0 Å². The number of imidazole rings is 1. The van der Waals surface area contributed by atoms with E-state index in [1.807, 2.05) is 19.6 Å². The Labute approximate surface area is 134 Å². The molecule has 1 aromatic rings. The number of piperidine rings is 1. The molecule has 1 aliphatic rings. The second-order valence-corrected chi connectivity index (χ2v) is 6.53. The molecule has 124 valence electrons. The molecule has 6 heteroatoms. The van der Waals surface area contributed by atoms with E-state index in [-0.39, 0.29) is 0 Å². The third kappa shape index (κ3) is 4.00. The predicted molar refractivity (Wildman–Crippen MR) is 91.1 cm³/mol. The largest absolute Gasteiger partial charge is 0.355 e. The van der Waals surface area contributed by atoms with Crippen molar-refractivity contribution < 1.29 is 0 Å². The van der Waals surface area contributed by atoms with Crippen molar-refractivity contribution >= 4 is 5.96 Å². The van der Waals surface area contributed by atoms with E-state index in [1.54, 1.807) is 0 Å². The van der Waals surface area contributed by atoms with E-state index in [1.165, 1.54) is 6.42 Å². The predicted octanol–water partition coefficient (Wildman–Crippen LogP) is 1.29. The Balaban J connectivity index is 1.98. The van der Waals surface area contributed by atoms with Gasteiger partial charge in [-0.25, -0.2) is 4.98 Å². The number of nitrogens with one attached hydrogen (secondary N) is 1. The maximum absolute atomic E-state index is 4.47. The second kappa shape index (κ2) is 7.63. The van der Waals surface area contributed by atoms with Gasteiger partial charge in [-0.05, 0) is 33.4 Å². The number of rotatable bonds is 4. The van der Waals surface area contributed by atoms with Gasteiger partial charge in [-0.2, -0.15) is 0 Å². The lowest BCUT2D eigenvalue weighted by molar-refractivity contribution is 0.188. The van der Waals surface area contributed by atoms with Crippen LogP contribution in [0, 0.1) is 5.92 Å². The summed E-state index contributed by atoms with van der Waals surface area (Å²) in [5.74, 6) is 1.66. The van der Waals surface area contributed by atoms with Crippen LogP contribution in [0.4, 0.5) is 0 Å². The first-order valence-corrected chi connectivity index (χ1v) is 8.12. The molecule has 0 amide bonds. The number of aromatic nitrogens is 2. The molecule has 6 nitrogen and oxygen atoms in total. The number of hydrogen-bond acceptors (Lipinski definition) is 3. The molecule has 2 rings (SSSR count). The molecule has 0 aliphatic carbocycles. The topological polar surface area (TPSA) is 48.7 Å². The third-order valence-electron chi connectivity index (χ3n) is 4.77. The summed E-state index contributed by atoms with van der Waals surface area (Å²) in [7, 11) is 6.08. The fourth-order valence-electron chi connectivity index (χ4n) is 2.85. The molecular formula is C16H30N6. The average molecular weight is 306 g/mol. The highest BCUT2D eigenvalue weighted by atomic mass is 15.3. The zero-order chi connectivity index (χ0) is 16.1. The van der Waals surface area contributed by atoms with E-state index < -0.39 is 0 Å². The van der Waals surface area contributed by atoms with Crippen LogP contribution in [0.1, 0.15) is 26.3 Å². The summed E-state index contributed by atoms with van der Waals surface area (Å²) in [4.78, 5) is 13.2. The minimum atomic E-state index is 0.459. The molecule has 3 unspecified atom stereocenters. The number of likely N-dealkylation sites (N-methyl/N-ethyl adjacent to an activating group) is 1. The zero-order valence-corrected chi connectivity index (χ0v) is 14.5. The van der Waals surface area contributed by atoms with Crippen LogP contribution in [-0.4, -0.2) is 72.1 Å². The highest BCUT2D eigenvalue weighted by molar-refractivity contribution is 5.80. The average Bonchev–Trinajstić information content (AvgIpc) is 3.03. The first kappa shape index (κ1) is 16.8. The molecule has 1 aromatic heterocycles. The van der Waals surface area contributed by atoms with Crippen LogP contribution in [0.15, 0.2) is 23.7 Å². The van der Waals surface area contributed by atoms with Gasteiger partial charge in [0.2, 0.25) is 0 Å². The molecule has 2 heterocycles. The lowest BCUT2D eigenvalue weighted by Gasteiger charge is -2.39. The second-order valence-electron chi connectivity index (χ2n) is 6.53. The molecule has 0 spiro atoms. The van der Waals surface area contributed by atoms with Crippen LogP contribution in [-0.2, 0) is 0 Å². The third-order valence-corrected chi connectivity index (χ3v) is 4.77. The van der Waals surface area contributed by atoms with Gasteiger partial charge in [-0.3, -0.25) is 4.99 Å². The quantitative estimate of drug-likeness (QED) is 0.673. The van der Waals surface area contributed by atoms with Crippen LogP contribution in [0.2, 0.25) is 0 Å². The summed E-state index contributed by atoms with van der Waals surface area (Å²) >= 11 is 0. The summed E-state index contributed by atoms with van der Waals surface area (Å²) < 4.78 is 2.23. The van der Waals surface area contributed by atoms with Crippen molar-refractivity contribution in [3.05, 3.63) is 18.7 Å². The Morgan fingerprint density at radius 3 is 2.86 bits per heavy atom. The lowest BCUT2D eigenvalue weighted by atomic mass is 9.93. The minimum absolute atomic E-state index is 0.459. The Hall–Kier alpha value is -1.56. The Bertz CT molecular complexity index is 467. The minimum Gasteiger partial charge on any atom is -0.355 e. The smallest absolute Gasteiger partial charge is 0.193 e. The van der Waals surface area contributed by atoms with Crippen LogP contribution >= 0.6 is 0 Å². The van der Waals surface area contributed by atoms with Crippen LogP contribution in [0.3, 0.4) is 0 Å². The fourth-order valence-corrected chi connectivity index (χ4v) is 2.85. The Morgan fingerprint density at radius 2 is 2.27 bits per heavy atom. The fraction of sp³-hybridized carbons (Fsp3) is 0.750. The zero-order valence-electron chi connectivity index (χ0n) is 14.5. The van der Waals surface area contributed by atoms with E-state index in [9.17, 15) is 0 Å². The van der Waals surface area contributed by atoms with Crippen molar-refractivity contribution in [2.24, 2.45) is 10.9 Å². The molecule has 1 fully saturated rings. The summed E-state index contributed by atoms with van der Waals surface area (Å²) in [5, 5.41) is 3.51. The molecule has 0 aromatic carbocycles. The molecule has 1 saturated heterocycles. The molecule has 1 aliphatic heterocycles. The summed E-state index contributed by atoms with van der Waals surface area (Å²) in [6.45, 7) is 7.48. The van der Waals surface area contributed by atoms with E-state index in [4.69, 9.17) is 0 Å². The van der Waals surface area contributed by atoms with Crippen molar-refractivity contribution in [3.8, 4) is 0 Å². The maximum atomic E-state index is 4.47. The van der Waals surface area contributed by atoms with Crippen LogP contribution < -0.4 is 5.32 Å². The van der Waals surface area contributed by atoms with E-state index >= 15 is 0 Å². The number of nitrogens with zero attached hydrogens (tertiary/aromatic N) is 5. The summed E-state index contributed by atoms with van der Waals surface area (Å²) in [6, 6.07) is 0.936. The summed E-state index contributed by atoms with van der Waals surface area (Å²) in [5.41, 5.74) is 0. The SMILES string of the molecule is CN=C(NCC(C)N(C)C)N1CCC(C)C(n2ccnc2)C1. The van der Waals surface area contributed by atoms with E-state index in [0.29, 0.717) is 18.0 Å². The van der Waals surface area contributed by atoms with Gasteiger partial charge < -0.3 is 19.7 Å². The molecule has 3 atom stereocenters. The maximum Gasteiger partial charge on any atom is 0.193 e. The normalized spacial score (nSPS) is 24.6. The number of hydrogen-bond donors (Lipinski definition) is 1. The molecule has 22 heavy (non-hydrogen) atoms. The van der Waals surface area contributed by atoms with Crippen molar-refractivity contribution in [1.29, 1.82) is 0 Å². The van der Waals surface area contributed by atoms with Gasteiger partial charge >= 0.3 is 0 Å². The Kier molecular flexibility index (Phi) is 5.83. The highest BCUT2D eigenvalue weighted by Crippen LogP contribution is 2.27. The van der Waals surface area contributed by atoms with Gasteiger partial charge in [0.25, 0.3) is 0 Å². The molecule has 1 N–H and O–H groups in total. The van der Waals surface area contributed by atoms with Gasteiger partial charge in [0.05, 0.1) is 12.4 Å². The van der Waals surface area contributed by atoms with Gasteiger partial charge in [0.1, 0.15) is 0 Å². The summed E-state index contributed by atoms with van der Waals surface area (Å²) in [6.07, 6.45) is 7.02. The van der Waals surface area contributed by atoms with E-state index in [0.717, 1.165) is 25.6 Å². The van der Waals surface area contributed by atoms with Gasteiger partial charge in [-0.1, -0.05) is 6.92 Å². The highest BCUT2D eigenvalue weighted by Gasteiger charge is 2.28. The van der Waals surface area contributed by atoms with Gasteiger partial charge in [0, 0.05) is 45.1 Å². The van der Waals surface area contributed by atoms with Crippen molar-refractivity contribution in [2.75, 3.05) is 40.8 Å². The van der Waals surface area contributed by atoms with Crippen molar-refractivity contribution in [2.45, 2.75) is 32.4 Å². The molecule has 0 bridgehead atoms. The van der Waals surface area contributed by atoms with Crippen LogP contribution in [0.5, 0.6) is 0 Å². The lowest BCUT2D eigenvalue weighted by Crippen LogP contribution is -2.51.